The van der Waals surface area contributed by atoms with Gasteiger partial charge in [-0.15, -0.1) is 0 Å². The fourth-order valence-electron chi connectivity index (χ4n) is 1.82. The number of hydrogen-bond acceptors (Lipinski definition) is 2. The number of halogens is 1. The second-order valence-electron chi connectivity index (χ2n) is 4.97. The molecule has 4 nitrogen and oxygen atoms in total. The van der Waals surface area contributed by atoms with Gasteiger partial charge in [-0.1, -0.05) is 28.9 Å². The van der Waals surface area contributed by atoms with Gasteiger partial charge < -0.3 is 9.80 Å². The van der Waals surface area contributed by atoms with E-state index in [1.54, 1.807) is 25.1 Å². The minimum Gasteiger partial charge on any atom is -0.347 e. The summed E-state index contributed by atoms with van der Waals surface area (Å²) in [6.45, 7) is 4.59. The maximum atomic E-state index is 12.6. The molecule has 0 saturated carbocycles. The molecule has 0 aliphatic heterocycles. The van der Waals surface area contributed by atoms with E-state index >= 15 is 0 Å². The van der Waals surface area contributed by atoms with Crippen molar-refractivity contribution in [1.29, 1.82) is 0 Å². The first kappa shape index (κ1) is 16.7. The third kappa shape index (κ3) is 4.34. The first-order valence-corrected chi connectivity index (χ1v) is 7.41. The SMILES string of the molecule is CCCN(CC(=O)N(C)C)C(=O)c1cc(Br)ccc1C. The molecule has 1 aromatic carbocycles. The van der Waals surface area contributed by atoms with Gasteiger partial charge in [0.25, 0.3) is 5.91 Å². The van der Waals surface area contributed by atoms with Gasteiger partial charge in [0, 0.05) is 30.7 Å². The van der Waals surface area contributed by atoms with Crippen LogP contribution in [0.4, 0.5) is 0 Å². The Bertz CT molecular complexity index is 501. The van der Waals surface area contributed by atoms with Crippen molar-refractivity contribution in [2.24, 2.45) is 0 Å². The molecule has 1 aromatic rings. The van der Waals surface area contributed by atoms with E-state index in [-0.39, 0.29) is 18.4 Å². The van der Waals surface area contributed by atoms with Crippen molar-refractivity contribution in [2.45, 2.75) is 20.3 Å². The zero-order chi connectivity index (χ0) is 15.3. The Balaban J connectivity index is 2.99. The number of carbonyl (C=O) groups excluding carboxylic acids is 2. The number of aryl methyl sites for hydroxylation is 1. The van der Waals surface area contributed by atoms with Crippen LogP contribution in [0.2, 0.25) is 0 Å². The fraction of sp³-hybridized carbons (Fsp3) is 0.467. The summed E-state index contributed by atoms with van der Waals surface area (Å²) < 4.78 is 0.863. The molecule has 0 atom stereocenters. The fourth-order valence-corrected chi connectivity index (χ4v) is 2.18. The lowest BCUT2D eigenvalue weighted by Gasteiger charge is -2.24. The summed E-state index contributed by atoms with van der Waals surface area (Å²) in [5.41, 5.74) is 1.55. The van der Waals surface area contributed by atoms with Crippen LogP contribution < -0.4 is 0 Å². The third-order valence-electron chi connectivity index (χ3n) is 3.04. The van der Waals surface area contributed by atoms with Gasteiger partial charge in [-0.25, -0.2) is 0 Å². The maximum absolute atomic E-state index is 12.6. The molecule has 2 amide bonds. The maximum Gasteiger partial charge on any atom is 0.254 e. The predicted octanol–water partition coefficient (Wildman–Crippen LogP) is 2.70. The van der Waals surface area contributed by atoms with Crippen molar-refractivity contribution < 1.29 is 9.59 Å². The standard InChI is InChI=1S/C15H21BrN2O2/c1-5-8-18(10-14(19)17(3)4)15(20)13-9-12(16)7-6-11(13)2/h6-7,9H,5,8,10H2,1-4H3. The number of benzene rings is 1. The molecule has 20 heavy (non-hydrogen) atoms. The minimum atomic E-state index is -0.0964. The molecule has 0 unspecified atom stereocenters. The van der Waals surface area contributed by atoms with Gasteiger partial charge in [-0.2, -0.15) is 0 Å². The molecule has 110 valence electrons. The molecule has 0 radical (unpaired) electrons. The largest absolute Gasteiger partial charge is 0.347 e. The lowest BCUT2D eigenvalue weighted by atomic mass is 10.1. The summed E-state index contributed by atoms with van der Waals surface area (Å²) in [6.07, 6.45) is 0.819. The Kier molecular flexibility index (Phi) is 6.20. The second-order valence-corrected chi connectivity index (χ2v) is 5.89. The van der Waals surface area contributed by atoms with Crippen LogP contribution in [0.1, 0.15) is 29.3 Å². The van der Waals surface area contributed by atoms with Crippen molar-refractivity contribution in [3.05, 3.63) is 33.8 Å². The first-order chi connectivity index (χ1) is 9.36. The highest BCUT2D eigenvalue weighted by atomic mass is 79.9. The number of nitrogens with zero attached hydrogens (tertiary/aromatic N) is 2. The Morgan fingerprint density at radius 3 is 2.45 bits per heavy atom. The predicted molar refractivity (Wildman–Crippen MR) is 83.8 cm³/mol. The zero-order valence-corrected chi connectivity index (χ0v) is 14.0. The van der Waals surface area contributed by atoms with Gasteiger partial charge in [-0.3, -0.25) is 9.59 Å². The summed E-state index contributed by atoms with van der Waals surface area (Å²) in [6, 6.07) is 5.61. The van der Waals surface area contributed by atoms with E-state index in [9.17, 15) is 9.59 Å². The third-order valence-corrected chi connectivity index (χ3v) is 3.53. The second kappa shape index (κ2) is 7.43. The van der Waals surface area contributed by atoms with E-state index in [0.29, 0.717) is 12.1 Å². The van der Waals surface area contributed by atoms with Gasteiger partial charge in [0.1, 0.15) is 6.54 Å². The Morgan fingerprint density at radius 2 is 1.90 bits per heavy atom. The highest BCUT2D eigenvalue weighted by Gasteiger charge is 2.20. The van der Waals surface area contributed by atoms with E-state index in [4.69, 9.17) is 0 Å². The normalized spacial score (nSPS) is 10.2. The lowest BCUT2D eigenvalue weighted by molar-refractivity contribution is -0.129. The van der Waals surface area contributed by atoms with E-state index in [1.165, 1.54) is 4.90 Å². The lowest BCUT2D eigenvalue weighted by Crippen LogP contribution is -2.40. The molecule has 0 saturated heterocycles. The molecule has 0 N–H and O–H groups in total. The summed E-state index contributed by atoms with van der Waals surface area (Å²) in [4.78, 5) is 27.6. The van der Waals surface area contributed by atoms with E-state index in [1.807, 2.05) is 26.0 Å². The first-order valence-electron chi connectivity index (χ1n) is 6.62. The number of carbonyl (C=O) groups is 2. The summed E-state index contributed by atoms with van der Waals surface area (Å²) in [7, 11) is 3.39. The summed E-state index contributed by atoms with van der Waals surface area (Å²) in [5, 5.41) is 0. The van der Waals surface area contributed by atoms with Crippen molar-refractivity contribution in [1.82, 2.24) is 9.80 Å². The number of amides is 2. The van der Waals surface area contributed by atoms with Crippen LogP contribution in [0.3, 0.4) is 0 Å². The van der Waals surface area contributed by atoms with Crippen molar-refractivity contribution in [3.63, 3.8) is 0 Å². The van der Waals surface area contributed by atoms with Crippen molar-refractivity contribution in [3.8, 4) is 0 Å². The van der Waals surface area contributed by atoms with Crippen LogP contribution in [0, 0.1) is 6.92 Å². The van der Waals surface area contributed by atoms with E-state index < -0.39 is 0 Å². The highest BCUT2D eigenvalue weighted by Crippen LogP contribution is 2.18. The Labute approximate surface area is 128 Å². The molecule has 0 aliphatic carbocycles. The van der Waals surface area contributed by atoms with Gasteiger partial charge >= 0.3 is 0 Å². The van der Waals surface area contributed by atoms with Gasteiger partial charge in [0.05, 0.1) is 0 Å². The molecule has 0 spiro atoms. The molecular formula is C15H21BrN2O2. The summed E-state index contributed by atoms with van der Waals surface area (Å²) >= 11 is 3.38. The summed E-state index contributed by atoms with van der Waals surface area (Å²) in [5.74, 6) is -0.166. The average Bonchev–Trinajstić information content (AvgIpc) is 2.40. The molecule has 0 aliphatic rings. The van der Waals surface area contributed by atoms with Crippen molar-refractivity contribution in [2.75, 3.05) is 27.2 Å². The number of hydrogen-bond donors (Lipinski definition) is 0. The average molecular weight is 341 g/mol. The molecule has 0 heterocycles. The van der Waals surface area contributed by atoms with Crippen LogP contribution in [0.5, 0.6) is 0 Å². The number of likely N-dealkylation sites (N-methyl/N-ethyl adjacent to an activating group) is 1. The molecule has 0 bridgehead atoms. The molecular weight excluding hydrogens is 320 g/mol. The van der Waals surface area contributed by atoms with Gasteiger partial charge in [0.2, 0.25) is 5.91 Å². The minimum absolute atomic E-state index is 0.0700. The van der Waals surface area contributed by atoms with Gasteiger partial charge in [-0.05, 0) is 31.0 Å². The quantitative estimate of drug-likeness (QED) is 0.826. The van der Waals surface area contributed by atoms with Gasteiger partial charge in [0.15, 0.2) is 0 Å². The van der Waals surface area contributed by atoms with Crippen LogP contribution >= 0.6 is 15.9 Å². The van der Waals surface area contributed by atoms with Crippen LogP contribution in [-0.4, -0.2) is 48.8 Å². The van der Waals surface area contributed by atoms with E-state index in [2.05, 4.69) is 15.9 Å². The van der Waals surface area contributed by atoms with Crippen LogP contribution in [-0.2, 0) is 4.79 Å². The van der Waals surface area contributed by atoms with E-state index in [0.717, 1.165) is 16.5 Å². The smallest absolute Gasteiger partial charge is 0.254 e. The topological polar surface area (TPSA) is 40.6 Å². The van der Waals surface area contributed by atoms with Crippen molar-refractivity contribution >= 4 is 27.7 Å². The highest BCUT2D eigenvalue weighted by molar-refractivity contribution is 9.10. The monoisotopic (exact) mass is 340 g/mol. The zero-order valence-electron chi connectivity index (χ0n) is 12.4. The Morgan fingerprint density at radius 1 is 1.25 bits per heavy atom. The number of rotatable bonds is 5. The van der Waals surface area contributed by atoms with Crippen LogP contribution in [0.25, 0.3) is 0 Å². The molecule has 0 fully saturated rings. The van der Waals surface area contributed by atoms with Crippen LogP contribution in [0.15, 0.2) is 22.7 Å². The molecule has 1 rings (SSSR count). The molecule has 0 aromatic heterocycles. The Hall–Kier alpha value is -1.36. The molecule has 5 heteroatoms.